The predicted molar refractivity (Wildman–Crippen MR) is 80.1 cm³/mol. The summed E-state index contributed by atoms with van der Waals surface area (Å²) in [5.41, 5.74) is 3.47. The van der Waals surface area contributed by atoms with Gasteiger partial charge in [-0.05, 0) is 32.0 Å². The van der Waals surface area contributed by atoms with E-state index in [1.165, 1.54) is 0 Å². The molecule has 0 saturated carbocycles. The molecule has 0 fully saturated rings. The fourth-order valence-corrected chi connectivity index (χ4v) is 2.52. The maximum absolute atomic E-state index is 12.4. The van der Waals surface area contributed by atoms with Crippen LogP contribution in [-0.4, -0.2) is 15.6 Å². The molecule has 0 aliphatic heterocycles. The maximum Gasteiger partial charge on any atom is 0.252 e. The molecule has 0 aliphatic rings. The summed E-state index contributed by atoms with van der Waals surface area (Å²) >= 11 is 0. The van der Waals surface area contributed by atoms with Crippen molar-refractivity contribution in [2.75, 3.05) is 0 Å². The molecule has 0 bridgehead atoms. The molecule has 3 rings (SSSR count). The van der Waals surface area contributed by atoms with Crippen molar-refractivity contribution in [2.24, 2.45) is 7.05 Å². The Bertz CT molecular complexity index is 795. The lowest BCUT2D eigenvalue weighted by atomic mass is 10.1. The first kappa shape index (κ1) is 13.4. The summed E-state index contributed by atoms with van der Waals surface area (Å²) in [6, 6.07) is 7.69. The Morgan fingerprint density at radius 2 is 2.14 bits per heavy atom. The zero-order valence-corrected chi connectivity index (χ0v) is 12.3. The number of fused-ring (bicyclic) bond motifs is 1. The lowest BCUT2D eigenvalue weighted by Crippen LogP contribution is -2.23. The summed E-state index contributed by atoms with van der Waals surface area (Å²) in [6.45, 7) is 4.14. The van der Waals surface area contributed by atoms with E-state index in [1.807, 2.05) is 55.9 Å². The normalized spacial score (nSPS) is 11.0. The van der Waals surface area contributed by atoms with Crippen molar-refractivity contribution in [2.45, 2.75) is 20.4 Å². The van der Waals surface area contributed by atoms with Crippen LogP contribution in [0, 0.1) is 13.8 Å². The van der Waals surface area contributed by atoms with Gasteiger partial charge in [-0.3, -0.25) is 4.79 Å². The first-order valence-corrected chi connectivity index (χ1v) is 6.82. The zero-order valence-electron chi connectivity index (χ0n) is 12.3. The monoisotopic (exact) mass is 283 g/mol. The van der Waals surface area contributed by atoms with Crippen molar-refractivity contribution >= 4 is 16.8 Å². The van der Waals surface area contributed by atoms with Crippen LogP contribution in [0.25, 0.3) is 10.9 Å². The van der Waals surface area contributed by atoms with Gasteiger partial charge < -0.3 is 14.4 Å². The number of carbonyl (C=O) groups excluding carboxylic acids is 1. The number of nitrogens with one attached hydrogen (secondary N) is 1. The molecule has 0 atom stereocenters. The molecule has 1 aromatic carbocycles. The molecule has 5 heteroatoms. The van der Waals surface area contributed by atoms with E-state index in [4.69, 9.17) is 4.52 Å². The van der Waals surface area contributed by atoms with E-state index >= 15 is 0 Å². The molecular formula is C16H17N3O2. The minimum atomic E-state index is -0.0909. The molecule has 0 unspecified atom stereocenters. The molecule has 5 nitrogen and oxygen atoms in total. The molecule has 21 heavy (non-hydrogen) atoms. The molecule has 2 aromatic heterocycles. The van der Waals surface area contributed by atoms with Crippen molar-refractivity contribution in [1.29, 1.82) is 0 Å². The summed E-state index contributed by atoms with van der Waals surface area (Å²) in [7, 11) is 1.97. The molecule has 2 heterocycles. The summed E-state index contributed by atoms with van der Waals surface area (Å²) < 4.78 is 7.10. The van der Waals surface area contributed by atoms with E-state index in [-0.39, 0.29) is 5.91 Å². The van der Waals surface area contributed by atoms with E-state index in [0.29, 0.717) is 12.1 Å². The smallest absolute Gasteiger partial charge is 0.252 e. The number of benzene rings is 1. The minimum absolute atomic E-state index is 0.0909. The predicted octanol–water partition coefficient (Wildman–Crippen LogP) is 2.71. The molecule has 0 radical (unpaired) electrons. The Balaban J connectivity index is 1.85. The fourth-order valence-electron chi connectivity index (χ4n) is 2.52. The number of carbonyl (C=O) groups is 1. The van der Waals surface area contributed by atoms with Crippen LogP contribution in [0.3, 0.4) is 0 Å². The molecular weight excluding hydrogens is 266 g/mol. The Labute approximate surface area is 122 Å². The van der Waals surface area contributed by atoms with Crippen molar-refractivity contribution in [3.63, 3.8) is 0 Å². The number of amides is 1. The fraction of sp³-hybridized carbons (Fsp3) is 0.250. The van der Waals surface area contributed by atoms with Gasteiger partial charge in [-0.25, -0.2) is 0 Å². The summed E-state index contributed by atoms with van der Waals surface area (Å²) in [5.74, 6) is 0.650. The Morgan fingerprint density at radius 1 is 1.33 bits per heavy atom. The Morgan fingerprint density at radius 3 is 2.86 bits per heavy atom. The third-order valence-electron chi connectivity index (χ3n) is 3.78. The molecule has 1 amide bonds. The van der Waals surface area contributed by atoms with Gasteiger partial charge in [-0.2, -0.15) is 0 Å². The number of hydrogen-bond donors (Lipinski definition) is 1. The van der Waals surface area contributed by atoms with Gasteiger partial charge in [0.2, 0.25) is 0 Å². The highest BCUT2D eigenvalue weighted by Crippen LogP contribution is 2.20. The topological polar surface area (TPSA) is 60.1 Å². The van der Waals surface area contributed by atoms with Crippen molar-refractivity contribution in [3.05, 3.63) is 53.0 Å². The molecule has 0 spiro atoms. The quantitative estimate of drug-likeness (QED) is 0.804. The van der Waals surface area contributed by atoms with E-state index in [9.17, 15) is 4.79 Å². The van der Waals surface area contributed by atoms with Crippen LogP contribution in [-0.2, 0) is 13.6 Å². The Hall–Kier alpha value is -2.56. The van der Waals surface area contributed by atoms with E-state index in [0.717, 1.165) is 27.9 Å². The highest BCUT2D eigenvalue weighted by atomic mass is 16.5. The number of aryl methyl sites for hydroxylation is 3. The second-order valence-electron chi connectivity index (χ2n) is 5.15. The second kappa shape index (κ2) is 5.09. The van der Waals surface area contributed by atoms with Gasteiger partial charge in [0.1, 0.15) is 5.76 Å². The highest BCUT2D eigenvalue weighted by molar-refractivity contribution is 6.06. The lowest BCUT2D eigenvalue weighted by molar-refractivity contribution is 0.0952. The van der Waals surface area contributed by atoms with Crippen molar-refractivity contribution in [3.8, 4) is 0 Å². The average molecular weight is 283 g/mol. The average Bonchev–Trinajstić information content (AvgIpc) is 3.01. The van der Waals surface area contributed by atoms with Gasteiger partial charge in [0.15, 0.2) is 0 Å². The molecule has 1 N–H and O–H groups in total. The van der Waals surface area contributed by atoms with Crippen LogP contribution in [0.2, 0.25) is 0 Å². The second-order valence-corrected chi connectivity index (χ2v) is 5.15. The lowest BCUT2D eigenvalue weighted by Gasteiger charge is -2.06. The standard InChI is InChI=1S/C16H17N3O2/c1-10-14(11(2)21-18-10)9-17-16(20)13-5-4-6-15-12(13)7-8-19(15)3/h4-8H,9H2,1-3H3,(H,17,20). The van der Waals surface area contributed by atoms with Crippen LogP contribution in [0.4, 0.5) is 0 Å². The van der Waals surface area contributed by atoms with Gasteiger partial charge in [-0.1, -0.05) is 11.2 Å². The van der Waals surface area contributed by atoms with E-state index in [1.54, 1.807) is 0 Å². The van der Waals surface area contributed by atoms with Gasteiger partial charge in [0.05, 0.1) is 5.69 Å². The number of aromatic nitrogens is 2. The Kier molecular flexibility index (Phi) is 3.25. The third kappa shape index (κ3) is 2.31. The van der Waals surface area contributed by atoms with E-state index in [2.05, 4.69) is 10.5 Å². The van der Waals surface area contributed by atoms with Crippen LogP contribution in [0.15, 0.2) is 35.0 Å². The first-order chi connectivity index (χ1) is 10.1. The largest absolute Gasteiger partial charge is 0.361 e. The van der Waals surface area contributed by atoms with Crippen LogP contribution >= 0.6 is 0 Å². The third-order valence-corrected chi connectivity index (χ3v) is 3.78. The summed E-state index contributed by atoms with van der Waals surface area (Å²) in [5, 5.41) is 7.78. The summed E-state index contributed by atoms with van der Waals surface area (Å²) in [6.07, 6.45) is 1.95. The van der Waals surface area contributed by atoms with Gasteiger partial charge in [0, 0.05) is 41.8 Å². The van der Waals surface area contributed by atoms with Crippen molar-refractivity contribution < 1.29 is 9.32 Å². The zero-order chi connectivity index (χ0) is 15.0. The van der Waals surface area contributed by atoms with Crippen LogP contribution < -0.4 is 5.32 Å². The number of hydrogen-bond acceptors (Lipinski definition) is 3. The maximum atomic E-state index is 12.4. The minimum Gasteiger partial charge on any atom is -0.361 e. The van der Waals surface area contributed by atoms with E-state index < -0.39 is 0 Å². The first-order valence-electron chi connectivity index (χ1n) is 6.82. The summed E-state index contributed by atoms with van der Waals surface area (Å²) in [4.78, 5) is 12.4. The SMILES string of the molecule is Cc1noc(C)c1CNC(=O)c1cccc2c1ccn2C. The van der Waals surface area contributed by atoms with Crippen molar-refractivity contribution in [1.82, 2.24) is 15.0 Å². The molecule has 0 saturated heterocycles. The molecule has 108 valence electrons. The van der Waals surface area contributed by atoms with Crippen LogP contribution in [0.5, 0.6) is 0 Å². The highest BCUT2D eigenvalue weighted by Gasteiger charge is 2.14. The molecule has 0 aliphatic carbocycles. The van der Waals surface area contributed by atoms with Gasteiger partial charge in [0.25, 0.3) is 5.91 Å². The molecule has 3 aromatic rings. The number of nitrogens with zero attached hydrogens (tertiary/aromatic N) is 2. The van der Waals surface area contributed by atoms with Gasteiger partial charge in [-0.15, -0.1) is 0 Å². The number of rotatable bonds is 3. The van der Waals surface area contributed by atoms with Gasteiger partial charge >= 0.3 is 0 Å². The van der Waals surface area contributed by atoms with Crippen LogP contribution in [0.1, 0.15) is 27.4 Å².